The molecule has 4 N–H and O–H groups in total. The van der Waals surface area contributed by atoms with Gasteiger partial charge in [0.15, 0.2) is 0 Å². The predicted octanol–water partition coefficient (Wildman–Crippen LogP) is 9.81. The number of aryl methyl sites for hydroxylation is 2. The number of thiophene rings is 2. The van der Waals surface area contributed by atoms with Crippen molar-refractivity contribution in [2.75, 3.05) is 51.0 Å². The molecule has 0 atom stereocenters. The second kappa shape index (κ2) is 25.8. The van der Waals surface area contributed by atoms with Gasteiger partial charge in [0.2, 0.25) is 0 Å². The lowest BCUT2D eigenvalue weighted by Gasteiger charge is -2.32. The van der Waals surface area contributed by atoms with Gasteiger partial charge >= 0.3 is 0 Å². The topological polar surface area (TPSA) is 175 Å². The van der Waals surface area contributed by atoms with Gasteiger partial charge in [-0.15, -0.1) is 22.7 Å². The van der Waals surface area contributed by atoms with E-state index in [1.807, 2.05) is 6.07 Å². The first-order chi connectivity index (χ1) is 34.8. The van der Waals surface area contributed by atoms with E-state index in [1.54, 1.807) is 95.6 Å². The van der Waals surface area contributed by atoms with E-state index in [9.17, 15) is 26.4 Å². The third-order valence-electron chi connectivity index (χ3n) is 12.6. The second-order valence-electron chi connectivity index (χ2n) is 17.8. The Balaban J connectivity index is 0.000000211. The molecule has 4 aromatic carbocycles. The number of carbonyl (C=O) groups is 2. The summed E-state index contributed by atoms with van der Waals surface area (Å²) in [6, 6.07) is 38.0. The van der Waals surface area contributed by atoms with Crippen LogP contribution in [0.4, 0.5) is 11.4 Å². The van der Waals surface area contributed by atoms with Crippen LogP contribution in [0.25, 0.3) is 0 Å². The molecule has 2 fully saturated rings. The van der Waals surface area contributed by atoms with Gasteiger partial charge in [-0.2, -0.15) is 8.61 Å². The Bertz CT molecular complexity index is 2940. The third-order valence-corrected chi connectivity index (χ3v) is 19.5. The van der Waals surface area contributed by atoms with Crippen LogP contribution >= 0.6 is 22.7 Å². The van der Waals surface area contributed by atoms with Gasteiger partial charge in [-0.3, -0.25) is 9.59 Å². The number of amides is 2. The van der Waals surface area contributed by atoms with Crippen molar-refractivity contribution in [3.05, 3.63) is 153 Å². The van der Waals surface area contributed by atoms with Crippen molar-refractivity contribution in [1.29, 1.82) is 0 Å². The first-order valence-corrected chi connectivity index (χ1v) is 29.0. The van der Waals surface area contributed by atoms with Crippen LogP contribution in [0.15, 0.2) is 130 Å². The normalized spacial score (nSPS) is 14.9. The Labute approximate surface area is 433 Å². The quantitative estimate of drug-likeness (QED) is 0.0576. The number of ether oxygens (including phenoxy) is 2. The van der Waals surface area contributed by atoms with E-state index in [1.165, 1.54) is 33.8 Å². The molecule has 2 aliphatic rings. The number of hydrogen-bond donors (Lipinski definition) is 4. The Morgan fingerprint density at radius 2 is 1.04 bits per heavy atom. The number of benzene rings is 4. The average Bonchev–Trinajstić information content (AvgIpc) is 4.11. The summed E-state index contributed by atoms with van der Waals surface area (Å²) in [6.45, 7) is 6.79. The largest absolute Gasteiger partial charge is 0.497 e. The highest BCUT2D eigenvalue weighted by Crippen LogP contribution is 2.31. The van der Waals surface area contributed by atoms with Crippen LogP contribution in [-0.4, -0.2) is 89.7 Å². The minimum Gasteiger partial charge on any atom is -0.497 e. The maximum atomic E-state index is 13.2. The lowest BCUT2D eigenvalue weighted by atomic mass is 10.0. The fourth-order valence-corrected chi connectivity index (χ4v) is 14.5. The van der Waals surface area contributed by atoms with Gasteiger partial charge in [0.25, 0.3) is 31.9 Å². The number of methoxy groups -OCH3 is 2. The van der Waals surface area contributed by atoms with Gasteiger partial charge < -0.3 is 30.7 Å². The first-order valence-electron chi connectivity index (χ1n) is 24.5. The molecule has 0 radical (unpaired) electrons. The van der Waals surface area contributed by atoms with Crippen LogP contribution in [0.1, 0.15) is 94.0 Å². The molecule has 0 bridgehead atoms. The van der Waals surface area contributed by atoms with E-state index in [4.69, 9.17) is 9.47 Å². The molecule has 2 aromatic heterocycles. The van der Waals surface area contributed by atoms with E-state index in [0.717, 1.165) is 72.5 Å². The molecule has 384 valence electrons. The predicted molar refractivity (Wildman–Crippen MR) is 289 cm³/mol. The maximum Gasteiger partial charge on any atom is 0.252 e. The number of sulfonamides is 2. The number of rotatable bonds is 20. The zero-order valence-corrected chi connectivity index (χ0v) is 44.7. The Hall–Kier alpha value is -5.76. The number of para-hydroxylation sites is 1. The summed E-state index contributed by atoms with van der Waals surface area (Å²) in [6.07, 6.45) is 7.34. The van der Waals surface area contributed by atoms with E-state index in [-0.39, 0.29) is 37.0 Å². The number of anilines is 2. The van der Waals surface area contributed by atoms with Crippen LogP contribution in [-0.2, 0) is 46.0 Å². The number of nitrogens with one attached hydrogen (secondary N) is 4. The van der Waals surface area contributed by atoms with Gasteiger partial charge in [-0.25, -0.2) is 16.8 Å². The van der Waals surface area contributed by atoms with Crippen molar-refractivity contribution in [3.63, 3.8) is 0 Å². The Kier molecular flexibility index (Phi) is 19.3. The van der Waals surface area contributed by atoms with E-state index in [0.29, 0.717) is 57.2 Å². The van der Waals surface area contributed by atoms with Crippen molar-refractivity contribution in [2.24, 2.45) is 0 Å². The zero-order chi connectivity index (χ0) is 51.1. The summed E-state index contributed by atoms with van der Waals surface area (Å²) in [7, 11) is -4.01. The Morgan fingerprint density at radius 1 is 0.569 bits per heavy atom. The summed E-state index contributed by atoms with van der Waals surface area (Å²) in [5, 5.41) is 12.9. The number of hydrogen-bond acceptors (Lipinski definition) is 12. The van der Waals surface area contributed by atoms with Crippen molar-refractivity contribution >= 4 is 65.9 Å². The fourth-order valence-electron chi connectivity index (χ4n) is 8.65. The van der Waals surface area contributed by atoms with E-state index >= 15 is 0 Å². The summed E-state index contributed by atoms with van der Waals surface area (Å²) in [5.41, 5.74) is 5.85. The van der Waals surface area contributed by atoms with Crippen LogP contribution < -0.4 is 30.7 Å². The highest BCUT2D eigenvalue weighted by molar-refractivity contribution is 7.91. The highest BCUT2D eigenvalue weighted by atomic mass is 32.3. The Morgan fingerprint density at radius 3 is 1.51 bits per heavy atom. The van der Waals surface area contributed by atoms with Gasteiger partial charge in [-0.05, 0) is 129 Å². The molecule has 0 unspecified atom stereocenters. The molecule has 14 nitrogen and oxygen atoms in total. The van der Waals surface area contributed by atoms with Crippen molar-refractivity contribution in [3.8, 4) is 11.5 Å². The maximum absolute atomic E-state index is 13.2. The van der Waals surface area contributed by atoms with Gasteiger partial charge in [0, 0.05) is 70.5 Å². The number of nitrogens with zero attached hydrogens (tertiary/aromatic N) is 2. The van der Waals surface area contributed by atoms with Crippen LogP contribution in [0.3, 0.4) is 0 Å². The molecule has 6 aromatic rings. The molecule has 0 saturated carbocycles. The molecule has 72 heavy (non-hydrogen) atoms. The molecule has 2 amide bonds. The SMILES string of the molecule is CCCc1ccc(NC2CCN(S(=O)(=O)c3ccc(CNC(=O)c4cccc(OC)c4)s3)CC2)cc1.CCCc1ccccc1NC1CCN(S(=O)(=O)c2ccc(CNC(=O)c3cccc(OC)c3)s2)CC1. The lowest BCUT2D eigenvalue weighted by molar-refractivity contribution is 0.0943. The number of piperidine rings is 2. The monoisotopic (exact) mass is 1050 g/mol. The van der Waals surface area contributed by atoms with E-state index < -0.39 is 20.0 Å². The molecule has 8 rings (SSSR count). The lowest BCUT2D eigenvalue weighted by Crippen LogP contribution is -2.42. The van der Waals surface area contributed by atoms with Crippen molar-refractivity contribution in [1.82, 2.24) is 19.2 Å². The zero-order valence-electron chi connectivity index (χ0n) is 41.4. The molecular weight excluding hydrogens is 989 g/mol. The van der Waals surface area contributed by atoms with Gasteiger partial charge in [0.1, 0.15) is 19.9 Å². The van der Waals surface area contributed by atoms with Crippen molar-refractivity contribution in [2.45, 2.75) is 98.8 Å². The second-order valence-corrected chi connectivity index (χ2v) is 24.4. The van der Waals surface area contributed by atoms with Crippen molar-refractivity contribution < 1.29 is 35.9 Å². The molecule has 18 heteroatoms. The van der Waals surface area contributed by atoms with Crippen LogP contribution in [0.2, 0.25) is 0 Å². The van der Waals surface area contributed by atoms with Gasteiger partial charge in [0.05, 0.1) is 27.3 Å². The fraction of sp³-hybridized carbons (Fsp3) is 0.370. The molecule has 2 aliphatic heterocycles. The van der Waals surface area contributed by atoms with E-state index in [2.05, 4.69) is 77.6 Å². The highest BCUT2D eigenvalue weighted by Gasteiger charge is 2.32. The molecule has 2 saturated heterocycles. The summed E-state index contributed by atoms with van der Waals surface area (Å²) >= 11 is 2.41. The van der Waals surface area contributed by atoms with Gasteiger partial charge in [-0.1, -0.05) is 69.2 Å². The first kappa shape index (κ1) is 54.0. The minimum atomic E-state index is -3.56. The van der Waals surface area contributed by atoms with Crippen LogP contribution in [0, 0.1) is 0 Å². The average molecular weight is 1060 g/mol. The molecule has 4 heterocycles. The third kappa shape index (κ3) is 14.5. The number of carbonyl (C=O) groups excluding carboxylic acids is 2. The molecular formula is C54H66N6O8S4. The summed E-state index contributed by atoms with van der Waals surface area (Å²) in [5.74, 6) is 0.746. The standard InChI is InChI=1S/2C27H33N3O4S2/c1-3-7-20-8-4-5-11-25(20)29-22-14-16-30(17-15-22)36(32,33)26-13-12-24(35-26)19-28-27(31)21-9-6-10-23(18-21)34-2;1-3-5-20-8-10-22(11-9-20)29-23-14-16-30(17-15-23)36(32,33)26-13-12-25(35-26)19-28-27(31)21-6-4-7-24(18-21)34-2/h4-6,8-13,18,22,29H,3,7,14-17,19H2,1-2H3,(H,28,31);4,6-13,18,23,29H,3,5,14-17,19H2,1-2H3,(H,28,31). The summed E-state index contributed by atoms with van der Waals surface area (Å²) < 4.78 is 67.0. The minimum absolute atomic E-state index is 0.234. The smallest absolute Gasteiger partial charge is 0.252 e. The molecule has 0 aliphatic carbocycles. The summed E-state index contributed by atoms with van der Waals surface area (Å²) in [4.78, 5) is 26.5. The van der Waals surface area contributed by atoms with Crippen LogP contribution in [0.5, 0.6) is 11.5 Å². The molecule has 0 spiro atoms.